The molecule has 0 radical (unpaired) electrons. The lowest BCUT2D eigenvalue weighted by molar-refractivity contribution is -0.142. The third kappa shape index (κ3) is 3.30. The average molecular weight is 243 g/mol. The first-order chi connectivity index (χ1) is 7.54. The molecule has 88 valence electrons. The maximum absolute atomic E-state index is 11.0. The number of nitrogens with zero attached hydrogens (tertiary/aromatic N) is 1. The molecule has 0 spiro atoms. The Kier molecular flexibility index (Phi) is 4.42. The Morgan fingerprint density at radius 1 is 1.50 bits per heavy atom. The first-order valence-electron chi connectivity index (χ1n) is 4.70. The molecule has 16 heavy (non-hydrogen) atoms. The lowest BCUT2D eigenvalue weighted by Crippen LogP contribution is -2.18. The maximum Gasteiger partial charge on any atom is 0.326 e. The second kappa shape index (κ2) is 5.60. The van der Waals surface area contributed by atoms with Crippen molar-refractivity contribution in [1.29, 1.82) is 0 Å². The molecule has 1 aromatic rings. The number of aromatic nitrogens is 1. The predicted molar refractivity (Wildman–Crippen MR) is 59.8 cm³/mol. The molecule has 5 nitrogen and oxygen atoms in total. The van der Waals surface area contributed by atoms with Crippen LogP contribution in [0.1, 0.15) is 18.9 Å². The second-order valence-electron chi connectivity index (χ2n) is 3.28. The lowest BCUT2D eigenvalue weighted by Gasteiger charge is -2.12. The van der Waals surface area contributed by atoms with Crippen LogP contribution in [0.5, 0.6) is 0 Å². The van der Waals surface area contributed by atoms with Gasteiger partial charge in [0, 0.05) is 23.7 Å². The Morgan fingerprint density at radius 2 is 2.19 bits per heavy atom. The van der Waals surface area contributed by atoms with Crippen molar-refractivity contribution in [3.05, 3.63) is 18.5 Å². The summed E-state index contributed by atoms with van der Waals surface area (Å²) in [6.07, 6.45) is 5.21. The number of hydrogen-bond donors (Lipinski definition) is 2. The summed E-state index contributed by atoms with van der Waals surface area (Å²) in [5.41, 5.74) is 0. The minimum atomic E-state index is -1.01. The summed E-state index contributed by atoms with van der Waals surface area (Å²) in [7, 11) is 0. The van der Waals surface area contributed by atoms with Crippen LogP contribution in [0.2, 0.25) is 0 Å². The molecule has 6 heteroatoms. The third-order valence-corrected chi connectivity index (χ3v) is 2.91. The molecule has 1 rings (SSSR count). The van der Waals surface area contributed by atoms with E-state index in [1.165, 1.54) is 16.3 Å². The van der Waals surface area contributed by atoms with Crippen LogP contribution in [0.25, 0.3) is 0 Å². The quantitative estimate of drug-likeness (QED) is 0.743. The van der Waals surface area contributed by atoms with E-state index in [2.05, 4.69) is 0 Å². The topological polar surface area (TPSA) is 79.5 Å². The van der Waals surface area contributed by atoms with Gasteiger partial charge in [0.15, 0.2) is 0 Å². The third-order valence-electron chi connectivity index (χ3n) is 2.20. The van der Waals surface area contributed by atoms with Crippen molar-refractivity contribution in [2.24, 2.45) is 0 Å². The largest absolute Gasteiger partial charge is 0.481 e. The maximum atomic E-state index is 11.0. The predicted octanol–water partition coefficient (Wildman–Crippen LogP) is 1.70. The van der Waals surface area contributed by atoms with Crippen molar-refractivity contribution in [3.8, 4) is 0 Å². The van der Waals surface area contributed by atoms with Gasteiger partial charge in [-0.05, 0) is 18.7 Å². The van der Waals surface area contributed by atoms with Gasteiger partial charge in [0.05, 0.1) is 0 Å². The number of thioether (sulfide) groups is 1. The highest BCUT2D eigenvalue weighted by molar-refractivity contribution is 7.98. The van der Waals surface area contributed by atoms with Crippen LogP contribution < -0.4 is 0 Å². The van der Waals surface area contributed by atoms with E-state index in [0.717, 1.165) is 4.90 Å². The summed E-state index contributed by atoms with van der Waals surface area (Å²) < 4.78 is 1.54. The minimum absolute atomic E-state index is 0.0904. The van der Waals surface area contributed by atoms with Crippen molar-refractivity contribution >= 4 is 23.7 Å². The van der Waals surface area contributed by atoms with Crippen molar-refractivity contribution in [2.75, 3.05) is 6.26 Å². The van der Waals surface area contributed by atoms with Gasteiger partial charge in [-0.25, -0.2) is 4.79 Å². The Labute approximate surface area is 97.1 Å². The molecule has 1 aromatic heterocycles. The lowest BCUT2D eigenvalue weighted by atomic mass is 10.1. The number of carboxylic acid groups (broad SMARTS) is 2. The normalized spacial score (nSPS) is 12.3. The van der Waals surface area contributed by atoms with E-state index in [1.54, 1.807) is 18.5 Å². The Hall–Kier alpha value is -1.43. The van der Waals surface area contributed by atoms with Gasteiger partial charge >= 0.3 is 11.9 Å². The van der Waals surface area contributed by atoms with Crippen LogP contribution in [-0.4, -0.2) is 33.0 Å². The molecule has 0 amide bonds. The first-order valence-corrected chi connectivity index (χ1v) is 5.93. The van der Waals surface area contributed by atoms with Crippen molar-refractivity contribution < 1.29 is 19.8 Å². The van der Waals surface area contributed by atoms with Crippen molar-refractivity contribution in [3.63, 3.8) is 0 Å². The van der Waals surface area contributed by atoms with E-state index < -0.39 is 18.0 Å². The summed E-state index contributed by atoms with van der Waals surface area (Å²) in [5, 5.41) is 17.5. The van der Waals surface area contributed by atoms with Gasteiger partial charge in [0.25, 0.3) is 0 Å². The van der Waals surface area contributed by atoms with Crippen LogP contribution in [0.3, 0.4) is 0 Å². The zero-order chi connectivity index (χ0) is 12.1. The molecule has 0 saturated carbocycles. The van der Waals surface area contributed by atoms with Gasteiger partial charge in [-0.1, -0.05) is 0 Å². The van der Waals surface area contributed by atoms with Crippen LogP contribution in [0.4, 0.5) is 0 Å². The van der Waals surface area contributed by atoms with Crippen molar-refractivity contribution in [2.45, 2.75) is 23.8 Å². The summed E-state index contributed by atoms with van der Waals surface area (Å²) in [5.74, 6) is -1.99. The van der Waals surface area contributed by atoms with E-state index in [-0.39, 0.29) is 12.8 Å². The molecule has 0 saturated heterocycles. The molecule has 0 aliphatic rings. The van der Waals surface area contributed by atoms with Crippen LogP contribution >= 0.6 is 11.8 Å². The van der Waals surface area contributed by atoms with E-state index in [9.17, 15) is 9.59 Å². The van der Waals surface area contributed by atoms with Crippen LogP contribution in [0.15, 0.2) is 23.4 Å². The zero-order valence-corrected chi connectivity index (χ0v) is 9.61. The molecule has 2 N–H and O–H groups in total. The SMILES string of the molecule is CSc1ccn(C(CCC(=O)O)C(=O)O)c1. The Balaban J connectivity index is 2.76. The fourth-order valence-electron chi connectivity index (χ4n) is 1.37. The molecular weight excluding hydrogens is 230 g/mol. The minimum Gasteiger partial charge on any atom is -0.481 e. The average Bonchev–Trinajstić information content (AvgIpc) is 2.65. The molecule has 1 heterocycles. The van der Waals surface area contributed by atoms with Crippen LogP contribution in [-0.2, 0) is 9.59 Å². The zero-order valence-electron chi connectivity index (χ0n) is 8.79. The molecule has 0 fully saturated rings. The molecule has 0 aliphatic heterocycles. The second-order valence-corrected chi connectivity index (χ2v) is 4.16. The van der Waals surface area contributed by atoms with Gasteiger partial charge < -0.3 is 14.8 Å². The van der Waals surface area contributed by atoms with E-state index in [1.807, 2.05) is 6.26 Å². The molecule has 1 unspecified atom stereocenters. The van der Waals surface area contributed by atoms with Gasteiger partial charge in [0.1, 0.15) is 6.04 Å². The number of carboxylic acids is 2. The number of hydrogen-bond acceptors (Lipinski definition) is 3. The fraction of sp³-hybridized carbons (Fsp3) is 0.400. The molecular formula is C10H13NO4S. The Morgan fingerprint density at radius 3 is 2.62 bits per heavy atom. The number of carbonyl (C=O) groups is 2. The standard InChI is InChI=1S/C10H13NO4S/c1-16-7-4-5-11(6-7)8(10(14)15)2-3-9(12)13/h4-6,8H,2-3H2,1H3,(H,12,13)(H,14,15). The van der Waals surface area contributed by atoms with Gasteiger partial charge in [-0.2, -0.15) is 0 Å². The summed E-state index contributed by atoms with van der Waals surface area (Å²) in [6, 6.07) is 0.999. The van der Waals surface area contributed by atoms with E-state index >= 15 is 0 Å². The monoisotopic (exact) mass is 243 g/mol. The molecule has 0 aromatic carbocycles. The summed E-state index contributed by atoms with van der Waals surface area (Å²) in [6.45, 7) is 0. The number of rotatable bonds is 6. The smallest absolute Gasteiger partial charge is 0.326 e. The van der Waals surface area contributed by atoms with E-state index in [4.69, 9.17) is 10.2 Å². The van der Waals surface area contributed by atoms with Crippen molar-refractivity contribution in [1.82, 2.24) is 4.57 Å². The highest BCUT2D eigenvalue weighted by atomic mass is 32.2. The highest BCUT2D eigenvalue weighted by Crippen LogP contribution is 2.20. The molecule has 0 aliphatic carbocycles. The first kappa shape index (κ1) is 12.6. The molecule has 0 bridgehead atoms. The fourth-order valence-corrected chi connectivity index (χ4v) is 1.79. The van der Waals surface area contributed by atoms with Gasteiger partial charge in [0.2, 0.25) is 0 Å². The van der Waals surface area contributed by atoms with Crippen LogP contribution in [0, 0.1) is 0 Å². The van der Waals surface area contributed by atoms with Gasteiger partial charge in [-0.15, -0.1) is 11.8 Å². The van der Waals surface area contributed by atoms with E-state index in [0.29, 0.717) is 0 Å². The van der Waals surface area contributed by atoms with Gasteiger partial charge in [-0.3, -0.25) is 4.79 Å². The highest BCUT2D eigenvalue weighted by Gasteiger charge is 2.20. The summed E-state index contributed by atoms with van der Waals surface area (Å²) in [4.78, 5) is 22.4. The Bertz CT molecular complexity index is 388. The molecule has 1 atom stereocenters. The summed E-state index contributed by atoms with van der Waals surface area (Å²) >= 11 is 1.51. The number of aliphatic carboxylic acids is 2.